The van der Waals surface area contributed by atoms with Crippen molar-refractivity contribution in [3.8, 4) is 123 Å². The Bertz CT molecular complexity index is 7620. The van der Waals surface area contributed by atoms with Crippen LogP contribution in [0.1, 0.15) is 44.5 Å². The van der Waals surface area contributed by atoms with Crippen LogP contribution in [0.25, 0.3) is 166 Å². The third-order valence-electron chi connectivity index (χ3n) is 26.2. The summed E-state index contributed by atoms with van der Waals surface area (Å²) in [7, 11) is 0. The number of fused-ring (bicyclic) bond motifs is 23. The van der Waals surface area contributed by atoms with Crippen LogP contribution in [-0.2, 0) is 10.8 Å². The van der Waals surface area contributed by atoms with E-state index in [0.717, 1.165) is 39.3 Å². The van der Waals surface area contributed by atoms with Crippen molar-refractivity contribution in [1.29, 1.82) is 0 Å². The number of hydrogen-bond donors (Lipinski definition) is 0. The van der Waals surface area contributed by atoms with Gasteiger partial charge in [0, 0.05) is 40.3 Å². The summed E-state index contributed by atoms with van der Waals surface area (Å²) in [4.78, 5) is 13.0. The molecule has 2 aromatic heterocycles. The molecule has 0 saturated carbocycles. The Balaban J connectivity index is 0.000000138. The van der Waals surface area contributed by atoms with Crippen LogP contribution in [0, 0.1) is 0 Å². The minimum atomic E-state index is -0.491. The van der Waals surface area contributed by atoms with E-state index in [1.54, 1.807) is 0 Å². The Hall–Kier alpha value is -15.7. The van der Waals surface area contributed by atoms with E-state index in [-0.39, 0.29) is 5.41 Å². The highest BCUT2D eigenvalue weighted by Gasteiger charge is 2.53. The molecule has 21 aromatic rings. The van der Waals surface area contributed by atoms with Gasteiger partial charge < -0.3 is 4.90 Å². The molecule has 0 saturated heterocycles. The Morgan fingerprint density at radius 1 is 0.165 bits per heavy atom. The van der Waals surface area contributed by atoms with Crippen molar-refractivity contribution in [2.45, 2.75) is 10.8 Å². The van der Waals surface area contributed by atoms with Crippen LogP contribution in [0.4, 0.5) is 17.1 Å². The molecule has 562 valence electrons. The van der Waals surface area contributed by atoms with Crippen LogP contribution in [0.5, 0.6) is 0 Å². The van der Waals surface area contributed by atoms with Crippen LogP contribution in [0.2, 0.25) is 0 Å². The van der Waals surface area contributed by atoms with E-state index < -0.39 is 5.41 Å². The number of rotatable bonds is 9. The Morgan fingerprint density at radius 3 is 0.884 bits per heavy atom. The van der Waals surface area contributed by atoms with Gasteiger partial charge in [0.1, 0.15) is 0 Å². The first-order valence-corrected chi connectivity index (χ1v) is 41.9. The number of aromatic nitrogens is 2. The summed E-state index contributed by atoms with van der Waals surface area (Å²) in [6.07, 6.45) is 4.17. The van der Waals surface area contributed by atoms with Crippen LogP contribution >= 0.6 is 0 Å². The van der Waals surface area contributed by atoms with E-state index in [1.165, 1.54) is 188 Å². The molecule has 19 aromatic carbocycles. The zero-order valence-electron chi connectivity index (χ0n) is 66.1. The average molecular weight is 1530 g/mol. The maximum Gasteiger partial charge on any atom is 0.0754 e. The van der Waals surface area contributed by atoms with E-state index in [1.807, 2.05) is 0 Å². The van der Waals surface area contributed by atoms with E-state index in [0.29, 0.717) is 0 Å². The maximum absolute atomic E-state index is 5.28. The molecule has 0 atom stereocenters. The lowest BCUT2D eigenvalue weighted by Gasteiger charge is -2.45. The topological polar surface area (TPSA) is 29.0 Å². The highest BCUT2D eigenvalue weighted by Crippen LogP contribution is 2.66. The number of pyridine rings is 2. The van der Waals surface area contributed by atoms with Crippen molar-refractivity contribution in [2.24, 2.45) is 0 Å². The van der Waals surface area contributed by atoms with Crippen molar-refractivity contribution >= 4 is 60.2 Å². The molecular weight excluding hydrogens is 1460 g/mol. The Morgan fingerprint density at radius 2 is 0.463 bits per heavy atom. The molecule has 3 aliphatic carbocycles. The smallest absolute Gasteiger partial charge is 0.0754 e. The van der Waals surface area contributed by atoms with Gasteiger partial charge in [-0.15, -0.1) is 0 Å². The molecule has 2 spiro atoms. The molecule has 25 rings (SSSR count). The SMILES string of the molecule is c1ccc(-c2ccc3c(-c4ccc(-c5ccc6c(c5)-c5ccccc5C65c6ccccc6N(c6ccccc6)c6ccccc65)nc4)c4ccccc4c(-c4ccccc4)c3c2)cc1.c1ccc(-c2ccc3c(-c4ccc(-c5ccc6c(c5)C5(c7ccccc7-c7ccccc75)c5ccccc5-6)nc4)c4ccccc4c(-c4ccccc4)c3c2)cc1. The summed E-state index contributed by atoms with van der Waals surface area (Å²) in [5.41, 5.74) is 39.5. The monoisotopic (exact) mass is 1530 g/mol. The van der Waals surface area contributed by atoms with Gasteiger partial charge in [-0.3, -0.25) is 9.97 Å². The molecule has 1 aliphatic heterocycles. The largest absolute Gasteiger partial charge is 0.310 e. The third kappa shape index (κ3) is 10.6. The number of hydrogen-bond acceptors (Lipinski definition) is 3. The number of anilines is 3. The summed E-state index contributed by atoms with van der Waals surface area (Å²) in [5, 5.41) is 9.81. The van der Waals surface area contributed by atoms with Gasteiger partial charge in [-0.1, -0.05) is 382 Å². The molecule has 0 fully saturated rings. The van der Waals surface area contributed by atoms with Crippen LogP contribution in [-0.4, -0.2) is 9.97 Å². The second-order valence-electron chi connectivity index (χ2n) is 32.3. The maximum atomic E-state index is 5.28. The van der Waals surface area contributed by atoms with E-state index >= 15 is 0 Å². The first-order chi connectivity index (χ1) is 60.1. The Kier molecular flexibility index (Phi) is 16.1. The minimum Gasteiger partial charge on any atom is -0.310 e. The highest BCUT2D eigenvalue weighted by atomic mass is 15.2. The van der Waals surface area contributed by atoms with Gasteiger partial charge in [0.2, 0.25) is 0 Å². The fourth-order valence-electron chi connectivity index (χ4n) is 21.2. The first kappa shape index (κ1) is 69.6. The lowest BCUT2D eigenvalue weighted by Crippen LogP contribution is -2.36. The predicted octanol–water partition coefficient (Wildman–Crippen LogP) is 30.6. The minimum absolute atomic E-state index is 0.383. The molecule has 0 unspecified atom stereocenters. The fraction of sp³-hybridized carbons (Fsp3) is 0.0169. The quantitative estimate of drug-likeness (QED) is 0.135. The van der Waals surface area contributed by atoms with Crippen LogP contribution in [0.15, 0.2) is 455 Å². The first-order valence-electron chi connectivity index (χ1n) is 41.9. The van der Waals surface area contributed by atoms with E-state index in [2.05, 4.69) is 460 Å². The molecule has 0 amide bonds. The molecular formula is C118H75N3. The van der Waals surface area contributed by atoms with Crippen molar-refractivity contribution in [3.63, 3.8) is 0 Å². The summed E-state index contributed by atoms with van der Waals surface area (Å²) in [6, 6.07) is 162. The van der Waals surface area contributed by atoms with Gasteiger partial charge in [0.05, 0.1) is 33.6 Å². The summed E-state index contributed by atoms with van der Waals surface area (Å²) in [6.45, 7) is 0. The predicted molar refractivity (Wildman–Crippen MR) is 504 cm³/mol. The van der Waals surface area contributed by atoms with E-state index in [4.69, 9.17) is 9.97 Å². The molecule has 0 N–H and O–H groups in total. The number of para-hydroxylation sites is 3. The van der Waals surface area contributed by atoms with Gasteiger partial charge in [-0.25, -0.2) is 0 Å². The average Bonchev–Trinajstić information content (AvgIpc) is 1.55. The van der Waals surface area contributed by atoms with Crippen molar-refractivity contribution in [3.05, 3.63) is 500 Å². The molecule has 121 heavy (non-hydrogen) atoms. The molecule has 0 bridgehead atoms. The molecule has 4 aliphatic rings. The van der Waals surface area contributed by atoms with Crippen molar-refractivity contribution in [2.75, 3.05) is 4.90 Å². The van der Waals surface area contributed by atoms with Gasteiger partial charge in [0.15, 0.2) is 0 Å². The number of nitrogens with zero attached hydrogens (tertiary/aromatic N) is 3. The zero-order valence-corrected chi connectivity index (χ0v) is 66.1. The zero-order chi connectivity index (χ0) is 79.7. The molecule has 0 radical (unpaired) electrons. The lowest BCUT2D eigenvalue weighted by atomic mass is 9.64. The summed E-state index contributed by atoms with van der Waals surface area (Å²) >= 11 is 0. The lowest BCUT2D eigenvalue weighted by molar-refractivity contribution is 0.752. The fourth-order valence-corrected chi connectivity index (χ4v) is 21.2. The molecule has 3 heteroatoms. The van der Waals surface area contributed by atoms with E-state index in [9.17, 15) is 0 Å². The highest BCUT2D eigenvalue weighted by molar-refractivity contribution is 6.24. The van der Waals surface area contributed by atoms with Gasteiger partial charge in [-0.2, -0.15) is 0 Å². The standard InChI is InChI=1S/C62H40N2.C56H35N/c1-4-18-41(19-5-1)43-32-35-50-52(38-43)60(42-20-6-2-7-21-42)48-25-10-11-26-49(48)61(50)45-34-37-57(63-40-45)44-33-36-54-51(39-44)47-24-12-13-27-53(47)62(54)55-28-14-16-30-58(55)64(46-22-8-3-9-23-46)59-31-17-15-29-56(59)62;1-3-15-36(16-4-1)38-27-31-47-48(33-38)54(37-17-5-2-6-18-37)45-22-7-8-23-46(45)55(47)40-29-32-53(57-35-40)39-28-30-44-43-21-11-14-26-51(43)56(52(44)34-39)49-24-12-9-19-41(49)42-20-10-13-25-50(42)56/h1-40H;1-35H. The molecule has 3 heterocycles. The second kappa shape index (κ2) is 28.0. The van der Waals surface area contributed by atoms with Crippen LogP contribution in [0.3, 0.4) is 0 Å². The normalized spacial score (nSPS) is 13.1. The third-order valence-corrected chi connectivity index (χ3v) is 26.2. The Labute approximate surface area is 703 Å². The molecule has 3 nitrogen and oxygen atoms in total. The van der Waals surface area contributed by atoms with Crippen molar-refractivity contribution in [1.82, 2.24) is 9.97 Å². The summed E-state index contributed by atoms with van der Waals surface area (Å²) in [5.74, 6) is 0. The number of benzene rings is 19. The van der Waals surface area contributed by atoms with Gasteiger partial charge >= 0.3 is 0 Å². The van der Waals surface area contributed by atoms with Gasteiger partial charge in [0.25, 0.3) is 0 Å². The van der Waals surface area contributed by atoms with Crippen LogP contribution < -0.4 is 4.90 Å². The van der Waals surface area contributed by atoms with Crippen molar-refractivity contribution < 1.29 is 0 Å². The van der Waals surface area contributed by atoms with Gasteiger partial charge in [-0.05, 0) is 237 Å². The summed E-state index contributed by atoms with van der Waals surface area (Å²) < 4.78 is 0. The second-order valence-corrected chi connectivity index (χ2v) is 32.3.